The zero-order chi connectivity index (χ0) is 14.6. The molecule has 0 saturated carbocycles. The first-order valence-corrected chi connectivity index (χ1v) is 5.54. The standard InChI is InChI=1S/C12H13F2NO4/c1-2-6(5-16)15-11(17)7-3-9(13)10(14)4-8(7)12(18)19/h3-4,6,16H,2,5H2,1H3,(H,15,17)(H,18,19)/t6-/m1/s1. The van der Waals surface area contributed by atoms with Crippen molar-refractivity contribution in [1.82, 2.24) is 5.32 Å². The molecule has 0 bridgehead atoms. The minimum Gasteiger partial charge on any atom is -0.478 e. The molecule has 0 unspecified atom stereocenters. The molecule has 0 aromatic heterocycles. The highest BCUT2D eigenvalue weighted by atomic mass is 19.2. The fourth-order valence-corrected chi connectivity index (χ4v) is 1.45. The van der Waals surface area contributed by atoms with Crippen molar-refractivity contribution in [1.29, 1.82) is 0 Å². The van der Waals surface area contributed by atoms with E-state index >= 15 is 0 Å². The summed E-state index contributed by atoms with van der Waals surface area (Å²) in [6, 6.07) is 0.396. The second kappa shape index (κ2) is 6.24. The molecule has 1 atom stereocenters. The Morgan fingerprint density at radius 1 is 1.26 bits per heavy atom. The van der Waals surface area contributed by atoms with Crippen LogP contribution >= 0.6 is 0 Å². The molecule has 0 spiro atoms. The van der Waals surface area contributed by atoms with Gasteiger partial charge in [-0.3, -0.25) is 4.79 Å². The van der Waals surface area contributed by atoms with Crippen molar-refractivity contribution >= 4 is 11.9 Å². The molecular weight excluding hydrogens is 260 g/mol. The van der Waals surface area contributed by atoms with Crippen LogP contribution in [-0.2, 0) is 0 Å². The minimum atomic E-state index is -1.54. The number of benzene rings is 1. The van der Waals surface area contributed by atoms with Gasteiger partial charge in [0, 0.05) is 0 Å². The monoisotopic (exact) mass is 273 g/mol. The van der Waals surface area contributed by atoms with Gasteiger partial charge in [0.15, 0.2) is 11.6 Å². The summed E-state index contributed by atoms with van der Waals surface area (Å²) in [6.45, 7) is 1.36. The first kappa shape index (κ1) is 15.0. The van der Waals surface area contributed by atoms with E-state index in [0.717, 1.165) is 0 Å². The third-order valence-electron chi connectivity index (χ3n) is 2.58. The fourth-order valence-electron chi connectivity index (χ4n) is 1.45. The Morgan fingerprint density at radius 2 is 1.79 bits per heavy atom. The van der Waals surface area contributed by atoms with Crippen LogP contribution in [0.1, 0.15) is 34.1 Å². The molecule has 0 heterocycles. The summed E-state index contributed by atoms with van der Waals surface area (Å²) in [7, 11) is 0. The molecule has 0 fully saturated rings. The molecule has 0 aliphatic heterocycles. The maximum Gasteiger partial charge on any atom is 0.336 e. The van der Waals surface area contributed by atoms with Crippen LogP contribution in [0.4, 0.5) is 8.78 Å². The maximum atomic E-state index is 13.1. The van der Waals surface area contributed by atoms with Crippen LogP contribution in [0.5, 0.6) is 0 Å². The Labute approximate surface area is 107 Å². The summed E-state index contributed by atoms with van der Waals surface area (Å²) in [5.74, 6) is -5.08. The van der Waals surface area contributed by atoms with E-state index in [2.05, 4.69) is 5.32 Å². The van der Waals surface area contributed by atoms with E-state index in [4.69, 9.17) is 10.2 Å². The van der Waals surface area contributed by atoms with Crippen LogP contribution in [0.2, 0.25) is 0 Å². The number of carboxylic acids is 1. The third-order valence-corrected chi connectivity index (χ3v) is 2.58. The minimum absolute atomic E-state index is 0.339. The van der Waals surface area contributed by atoms with Gasteiger partial charge in [0.05, 0.1) is 23.8 Å². The second-order valence-corrected chi connectivity index (χ2v) is 3.88. The number of rotatable bonds is 5. The number of carboxylic acid groups (broad SMARTS) is 1. The predicted octanol–water partition coefficient (Wildman–Crippen LogP) is 1.16. The molecule has 1 aromatic rings. The van der Waals surface area contributed by atoms with Gasteiger partial charge in [-0.25, -0.2) is 13.6 Å². The molecule has 7 heteroatoms. The van der Waals surface area contributed by atoms with E-state index in [1.165, 1.54) is 0 Å². The fraction of sp³-hybridized carbons (Fsp3) is 0.333. The highest BCUT2D eigenvalue weighted by molar-refractivity contribution is 6.04. The molecule has 1 amide bonds. The number of hydrogen-bond donors (Lipinski definition) is 3. The van der Waals surface area contributed by atoms with Crippen LogP contribution in [-0.4, -0.2) is 34.7 Å². The Bertz CT molecular complexity index is 501. The number of halogens is 2. The number of aliphatic hydroxyl groups is 1. The molecule has 3 N–H and O–H groups in total. The van der Waals surface area contributed by atoms with Gasteiger partial charge >= 0.3 is 5.97 Å². The maximum absolute atomic E-state index is 13.1. The number of carbonyl (C=O) groups excluding carboxylic acids is 1. The van der Waals surface area contributed by atoms with Gasteiger partial charge in [0.1, 0.15) is 0 Å². The molecule has 1 aromatic carbocycles. The van der Waals surface area contributed by atoms with Gasteiger partial charge in [-0.2, -0.15) is 0 Å². The Kier molecular flexibility index (Phi) is 4.94. The summed E-state index contributed by atoms with van der Waals surface area (Å²) in [4.78, 5) is 22.7. The second-order valence-electron chi connectivity index (χ2n) is 3.88. The number of aliphatic hydroxyl groups excluding tert-OH is 1. The van der Waals surface area contributed by atoms with Crippen molar-refractivity contribution in [3.63, 3.8) is 0 Å². The molecule has 0 saturated heterocycles. The first-order chi connectivity index (χ1) is 8.90. The van der Waals surface area contributed by atoms with Gasteiger partial charge in [-0.1, -0.05) is 6.92 Å². The average Bonchev–Trinajstić information content (AvgIpc) is 2.37. The lowest BCUT2D eigenvalue weighted by atomic mass is 10.1. The summed E-state index contributed by atoms with van der Waals surface area (Å²) >= 11 is 0. The van der Waals surface area contributed by atoms with Crippen molar-refractivity contribution in [2.75, 3.05) is 6.61 Å². The van der Waals surface area contributed by atoms with Gasteiger partial charge in [-0.15, -0.1) is 0 Å². The highest BCUT2D eigenvalue weighted by Crippen LogP contribution is 2.15. The lowest BCUT2D eigenvalue weighted by Crippen LogP contribution is -2.37. The molecule has 0 aliphatic carbocycles. The zero-order valence-corrected chi connectivity index (χ0v) is 10.1. The Balaban J connectivity index is 3.14. The van der Waals surface area contributed by atoms with Crippen molar-refractivity contribution < 1.29 is 28.6 Å². The van der Waals surface area contributed by atoms with E-state index in [0.29, 0.717) is 18.6 Å². The Hall–Kier alpha value is -2.02. The van der Waals surface area contributed by atoms with Crippen molar-refractivity contribution in [2.24, 2.45) is 0 Å². The third kappa shape index (κ3) is 3.47. The highest BCUT2D eigenvalue weighted by Gasteiger charge is 2.21. The van der Waals surface area contributed by atoms with E-state index in [1.807, 2.05) is 0 Å². The molecule has 19 heavy (non-hydrogen) atoms. The zero-order valence-electron chi connectivity index (χ0n) is 10.1. The van der Waals surface area contributed by atoms with Crippen LogP contribution in [0, 0.1) is 11.6 Å². The number of aromatic carboxylic acids is 1. The van der Waals surface area contributed by atoms with Crippen LogP contribution < -0.4 is 5.32 Å². The van der Waals surface area contributed by atoms with Crippen LogP contribution in [0.3, 0.4) is 0 Å². The van der Waals surface area contributed by atoms with Crippen molar-refractivity contribution in [3.05, 3.63) is 34.9 Å². The van der Waals surface area contributed by atoms with Gasteiger partial charge in [0.2, 0.25) is 0 Å². The van der Waals surface area contributed by atoms with Gasteiger partial charge in [-0.05, 0) is 18.6 Å². The summed E-state index contributed by atoms with van der Waals surface area (Å²) in [5.41, 5.74) is -1.12. The largest absolute Gasteiger partial charge is 0.478 e. The van der Waals surface area contributed by atoms with E-state index < -0.39 is 40.7 Å². The lowest BCUT2D eigenvalue weighted by molar-refractivity contribution is 0.0689. The van der Waals surface area contributed by atoms with Crippen molar-refractivity contribution in [2.45, 2.75) is 19.4 Å². The van der Waals surface area contributed by atoms with Crippen molar-refractivity contribution in [3.8, 4) is 0 Å². The number of carbonyl (C=O) groups is 2. The number of hydrogen-bond acceptors (Lipinski definition) is 3. The number of nitrogens with one attached hydrogen (secondary N) is 1. The first-order valence-electron chi connectivity index (χ1n) is 5.54. The molecule has 1 rings (SSSR count). The van der Waals surface area contributed by atoms with E-state index in [9.17, 15) is 18.4 Å². The number of amides is 1. The quantitative estimate of drug-likeness (QED) is 0.751. The molecular formula is C12H13F2NO4. The van der Waals surface area contributed by atoms with E-state index in [-0.39, 0.29) is 6.61 Å². The van der Waals surface area contributed by atoms with Gasteiger partial charge in [0.25, 0.3) is 5.91 Å². The Morgan fingerprint density at radius 3 is 2.21 bits per heavy atom. The van der Waals surface area contributed by atoms with E-state index in [1.54, 1.807) is 6.92 Å². The topological polar surface area (TPSA) is 86.6 Å². The summed E-state index contributed by atoms with van der Waals surface area (Å²) < 4.78 is 26.1. The summed E-state index contributed by atoms with van der Waals surface area (Å²) in [6.07, 6.45) is 0.411. The predicted molar refractivity (Wildman–Crippen MR) is 61.9 cm³/mol. The van der Waals surface area contributed by atoms with Crippen LogP contribution in [0.25, 0.3) is 0 Å². The molecule has 0 radical (unpaired) electrons. The smallest absolute Gasteiger partial charge is 0.336 e. The van der Waals surface area contributed by atoms with Gasteiger partial charge < -0.3 is 15.5 Å². The SMILES string of the molecule is CC[C@H](CO)NC(=O)c1cc(F)c(F)cc1C(=O)O. The summed E-state index contributed by atoms with van der Waals surface area (Å²) in [5, 5.41) is 20.1. The molecule has 104 valence electrons. The lowest BCUT2D eigenvalue weighted by Gasteiger charge is -2.15. The van der Waals surface area contributed by atoms with Crippen LogP contribution in [0.15, 0.2) is 12.1 Å². The molecule has 0 aliphatic rings. The molecule has 5 nitrogen and oxygen atoms in total. The normalized spacial score (nSPS) is 12.0. The average molecular weight is 273 g/mol.